The molecule has 0 bridgehead atoms. The molecular formula is C14H17N3O2S. The Morgan fingerprint density at radius 3 is 2.50 bits per heavy atom. The minimum Gasteiger partial charge on any atom is -0.222 e. The summed E-state index contributed by atoms with van der Waals surface area (Å²) in [5.41, 5.74) is 1.19. The normalized spacial score (nSPS) is 16.0. The molecule has 0 atom stereocenters. The van der Waals surface area contributed by atoms with Crippen LogP contribution >= 0.6 is 0 Å². The molecule has 2 aromatic rings. The molecule has 0 unspecified atom stereocenters. The van der Waals surface area contributed by atoms with Gasteiger partial charge in [-0.3, -0.25) is 0 Å². The number of hydrogen-bond donors (Lipinski definition) is 0. The monoisotopic (exact) mass is 291 g/mol. The Bertz CT molecular complexity index is 659. The van der Waals surface area contributed by atoms with Crippen LogP contribution in [0.15, 0.2) is 41.8 Å². The first-order valence-corrected chi connectivity index (χ1v) is 8.29. The Morgan fingerprint density at radius 2 is 1.95 bits per heavy atom. The van der Waals surface area contributed by atoms with Crippen LogP contribution in [-0.2, 0) is 16.4 Å². The second-order valence-electron chi connectivity index (χ2n) is 5.25. The van der Waals surface area contributed by atoms with Gasteiger partial charge in [0.25, 0.3) is 10.0 Å². The van der Waals surface area contributed by atoms with Gasteiger partial charge < -0.3 is 0 Å². The molecule has 1 aromatic heterocycles. The molecule has 6 heteroatoms. The summed E-state index contributed by atoms with van der Waals surface area (Å²) in [6.07, 6.45) is 8.69. The van der Waals surface area contributed by atoms with Crippen LogP contribution in [-0.4, -0.2) is 22.6 Å². The van der Waals surface area contributed by atoms with Gasteiger partial charge in [0.05, 0.1) is 4.90 Å². The number of aryl methyl sites for hydroxylation is 1. The molecule has 0 saturated heterocycles. The molecule has 0 aliphatic heterocycles. The highest BCUT2D eigenvalue weighted by molar-refractivity contribution is 7.89. The van der Waals surface area contributed by atoms with Crippen LogP contribution in [0.5, 0.6) is 0 Å². The van der Waals surface area contributed by atoms with Crippen LogP contribution in [0.3, 0.4) is 0 Å². The minimum atomic E-state index is -3.59. The summed E-state index contributed by atoms with van der Waals surface area (Å²) in [5, 5.41) is 3.68. The van der Waals surface area contributed by atoms with Crippen LogP contribution < -0.4 is 0 Å². The topological polar surface area (TPSA) is 64.8 Å². The lowest BCUT2D eigenvalue weighted by Gasteiger charge is -2.25. The molecule has 1 heterocycles. The predicted octanol–water partition coefficient (Wildman–Crippen LogP) is 2.25. The maximum absolute atomic E-state index is 12.2. The van der Waals surface area contributed by atoms with Crippen LogP contribution in [0, 0.1) is 5.92 Å². The van der Waals surface area contributed by atoms with E-state index in [2.05, 4.69) is 10.1 Å². The first kappa shape index (κ1) is 13.3. The molecule has 5 nitrogen and oxygen atoms in total. The van der Waals surface area contributed by atoms with Gasteiger partial charge in [-0.05, 0) is 36.5 Å². The zero-order chi connectivity index (χ0) is 14.0. The van der Waals surface area contributed by atoms with Crippen molar-refractivity contribution < 1.29 is 8.42 Å². The lowest BCUT2D eigenvalue weighted by atomic mass is 9.81. The SMILES string of the molecule is O=S(=O)(c1ccc(CCC2CCC2)cc1)n1cncn1. The van der Waals surface area contributed by atoms with Crippen molar-refractivity contribution in [2.45, 2.75) is 37.0 Å². The number of hydrogen-bond acceptors (Lipinski definition) is 4. The summed E-state index contributed by atoms with van der Waals surface area (Å²) < 4.78 is 25.3. The van der Waals surface area contributed by atoms with E-state index in [1.807, 2.05) is 12.1 Å². The van der Waals surface area contributed by atoms with Crippen molar-refractivity contribution in [3.8, 4) is 0 Å². The molecule has 0 N–H and O–H groups in total. The molecule has 1 saturated carbocycles. The predicted molar refractivity (Wildman–Crippen MR) is 74.7 cm³/mol. The van der Waals surface area contributed by atoms with E-state index < -0.39 is 10.0 Å². The fraction of sp³-hybridized carbons (Fsp3) is 0.429. The molecular weight excluding hydrogens is 274 g/mol. The molecule has 0 spiro atoms. The van der Waals surface area contributed by atoms with Crippen LogP contribution in [0.25, 0.3) is 0 Å². The van der Waals surface area contributed by atoms with E-state index in [1.54, 1.807) is 12.1 Å². The van der Waals surface area contributed by atoms with Gasteiger partial charge in [0.15, 0.2) is 0 Å². The van der Waals surface area contributed by atoms with Gasteiger partial charge in [-0.1, -0.05) is 31.4 Å². The van der Waals surface area contributed by atoms with Gasteiger partial charge in [-0.2, -0.15) is 8.42 Å². The maximum Gasteiger partial charge on any atom is 0.284 e. The first-order chi connectivity index (χ1) is 9.66. The highest BCUT2D eigenvalue weighted by Gasteiger charge is 2.18. The summed E-state index contributed by atoms with van der Waals surface area (Å²) in [6, 6.07) is 7.07. The Hall–Kier alpha value is -1.69. The summed E-state index contributed by atoms with van der Waals surface area (Å²) in [5.74, 6) is 0.869. The van der Waals surface area contributed by atoms with E-state index in [-0.39, 0.29) is 4.90 Å². The second kappa shape index (κ2) is 5.36. The van der Waals surface area contributed by atoms with Crippen molar-refractivity contribution >= 4 is 10.0 Å². The zero-order valence-corrected chi connectivity index (χ0v) is 12.0. The average molecular weight is 291 g/mol. The van der Waals surface area contributed by atoms with Crippen molar-refractivity contribution in [1.82, 2.24) is 14.2 Å². The molecule has 1 aromatic carbocycles. The Labute approximate surface area is 118 Å². The fourth-order valence-electron chi connectivity index (χ4n) is 2.41. The van der Waals surface area contributed by atoms with E-state index in [4.69, 9.17) is 0 Å². The number of nitrogens with zero attached hydrogens (tertiary/aromatic N) is 3. The highest BCUT2D eigenvalue weighted by Crippen LogP contribution is 2.30. The van der Waals surface area contributed by atoms with Crippen molar-refractivity contribution in [2.75, 3.05) is 0 Å². The van der Waals surface area contributed by atoms with Gasteiger partial charge in [0.1, 0.15) is 12.7 Å². The van der Waals surface area contributed by atoms with Gasteiger partial charge in [-0.25, -0.2) is 4.98 Å². The van der Waals surface area contributed by atoms with Gasteiger partial charge in [0.2, 0.25) is 0 Å². The lowest BCUT2D eigenvalue weighted by Crippen LogP contribution is -2.13. The first-order valence-electron chi connectivity index (χ1n) is 6.85. The van der Waals surface area contributed by atoms with E-state index in [0.717, 1.165) is 16.4 Å². The molecule has 3 rings (SSSR count). The van der Waals surface area contributed by atoms with E-state index in [9.17, 15) is 8.42 Å². The average Bonchev–Trinajstić information content (AvgIpc) is 2.92. The number of benzene rings is 1. The summed E-state index contributed by atoms with van der Waals surface area (Å²) in [4.78, 5) is 3.91. The Balaban J connectivity index is 1.72. The van der Waals surface area contributed by atoms with Crippen molar-refractivity contribution in [3.05, 3.63) is 42.5 Å². The van der Waals surface area contributed by atoms with Gasteiger partial charge in [-0.15, -0.1) is 9.19 Å². The number of rotatable bonds is 5. The smallest absolute Gasteiger partial charge is 0.222 e. The quantitative estimate of drug-likeness (QED) is 0.847. The number of aromatic nitrogens is 3. The highest BCUT2D eigenvalue weighted by atomic mass is 32.2. The molecule has 106 valence electrons. The van der Waals surface area contributed by atoms with Gasteiger partial charge >= 0.3 is 0 Å². The third-order valence-corrected chi connectivity index (χ3v) is 5.48. The third-order valence-electron chi connectivity index (χ3n) is 3.93. The minimum absolute atomic E-state index is 0.246. The van der Waals surface area contributed by atoms with E-state index in [0.29, 0.717) is 0 Å². The molecule has 0 amide bonds. The van der Waals surface area contributed by atoms with Crippen LogP contribution in [0.1, 0.15) is 31.2 Å². The van der Waals surface area contributed by atoms with Crippen LogP contribution in [0.4, 0.5) is 0 Å². The summed E-state index contributed by atoms with van der Waals surface area (Å²) in [6.45, 7) is 0. The Morgan fingerprint density at radius 1 is 1.20 bits per heavy atom. The molecule has 0 radical (unpaired) electrons. The largest absolute Gasteiger partial charge is 0.284 e. The Kier molecular flexibility index (Phi) is 3.56. The molecule has 1 aliphatic carbocycles. The fourth-order valence-corrected chi connectivity index (χ4v) is 3.45. The van der Waals surface area contributed by atoms with E-state index in [1.165, 1.54) is 43.9 Å². The molecule has 20 heavy (non-hydrogen) atoms. The third kappa shape index (κ3) is 2.60. The van der Waals surface area contributed by atoms with Crippen molar-refractivity contribution in [3.63, 3.8) is 0 Å². The second-order valence-corrected chi connectivity index (χ2v) is 7.05. The lowest BCUT2D eigenvalue weighted by molar-refractivity contribution is 0.296. The van der Waals surface area contributed by atoms with Gasteiger partial charge in [0, 0.05) is 0 Å². The maximum atomic E-state index is 12.2. The van der Waals surface area contributed by atoms with Crippen molar-refractivity contribution in [1.29, 1.82) is 0 Å². The molecule has 1 aliphatic rings. The summed E-state index contributed by atoms with van der Waals surface area (Å²) in [7, 11) is -3.59. The van der Waals surface area contributed by atoms with Crippen LogP contribution in [0.2, 0.25) is 0 Å². The summed E-state index contributed by atoms with van der Waals surface area (Å²) >= 11 is 0. The van der Waals surface area contributed by atoms with Crippen molar-refractivity contribution in [2.24, 2.45) is 5.92 Å². The zero-order valence-electron chi connectivity index (χ0n) is 11.1. The standard InChI is InChI=1S/C14H17N3O2S/c18-20(19,17-11-15-10-16-17)14-8-6-13(7-9-14)5-4-12-2-1-3-12/h6-12H,1-5H2. The van der Waals surface area contributed by atoms with E-state index >= 15 is 0 Å². The molecule has 1 fully saturated rings.